The number of hydrogen-bond donors (Lipinski definition) is 2. The first-order chi connectivity index (χ1) is 6.27. The van der Waals surface area contributed by atoms with Crippen LogP contribution < -0.4 is 5.32 Å². The molecule has 0 radical (unpaired) electrons. The minimum absolute atomic E-state index is 0.159. The van der Waals surface area contributed by atoms with Crippen molar-refractivity contribution < 1.29 is 14.6 Å². The molecule has 0 spiro atoms. The molecule has 13 heavy (non-hydrogen) atoms. The van der Waals surface area contributed by atoms with E-state index in [0.29, 0.717) is 26.3 Å². The van der Waals surface area contributed by atoms with Crippen LogP contribution in [0.3, 0.4) is 0 Å². The Labute approximate surface area is 78.6 Å². The van der Waals surface area contributed by atoms with Gasteiger partial charge in [-0.3, -0.25) is 4.79 Å². The van der Waals surface area contributed by atoms with E-state index < -0.39 is 5.97 Å². The summed E-state index contributed by atoms with van der Waals surface area (Å²) < 4.78 is 5.20. The number of carboxylic acid groups (broad SMARTS) is 1. The van der Waals surface area contributed by atoms with Gasteiger partial charge in [-0.25, -0.2) is 0 Å². The fourth-order valence-electron chi connectivity index (χ4n) is 0.733. The molecule has 76 valence electrons. The highest BCUT2D eigenvalue weighted by molar-refractivity contribution is 5.66. The van der Waals surface area contributed by atoms with Gasteiger partial charge in [0.25, 0.3) is 0 Å². The molecule has 4 nitrogen and oxygen atoms in total. The Morgan fingerprint density at radius 1 is 1.46 bits per heavy atom. The van der Waals surface area contributed by atoms with Crippen LogP contribution in [0.2, 0.25) is 0 Å². The zero-order valence-electron chi connectivity index (χ0n) is 7.79. The van der Waals surface area contributed by atoms with E-state index in [0.717, 1.165) is 6.42 Å². The first kappa shape index (κ1) is 12.1. The molecule has 0 bridgehead atoms. The van der Waals surface area contributed by atoms with Gasteiger partial charge < -0.3 is 15.2 Å². The van der Waals surface area contributed by atoms with Crippen molar-refractivity contribution in [2.24, 2.45) is 0 Å². The first-order valence-electron chi connectivity index (χ1n) is 4.38. The van der Waals surface area contributed by atoms with Gasteiger partial charge >= 0.3 is 5.97 Å². The summed E-state index contributed by atoms with van der Waals surface area (Å²) in [6.45, 7) is 6.07. The van der Waals surface area contributed by atoms with Crippen LogP contribution in [0.5, 0.6) is 0 Å². The number of aliphatic carboxylic acids is 1. The van der Waals surface area contributed by atoms with Crippen molar-refractivity contribution in [3.05, 3.63) is 12.7 Å². The largest absolute Gasteiger partial charge is 0.481 e. The highest BCUT2D eigenvalue weighted by Crippen LogP contribution is 1.82. The second-order valence-corrected chi connectivity index (χ2v) is 2.58. The number of carbonyl (C=O) groups is 1. The normalized spacial score (nSPS) is 9.85. The SMILES string of the molecule is C=CCCOCCNCCC(=O)O. The molecule has 0 aromatic rings. The van der Waals surface area contributed by atoms with Gasteiger partial charge in [0.05, 0.1) is 19.6 Å². The number of nitrogens with one attached hydrogen (secondary N) is 1. The molecule has 0 rings (SSSR count). The van der Waals surface area contributed by atoms with Crippen molar-refractivity contribution in [2.45, 2.75) is 12.8 Å². The molecule has 0 saturated heterocycles. The number of ether oxygens (including phenoxy) is 1. The standard InChI is InChI=1S/C9H17NO3/c1-2-3-7-13-8-6-10-5-4-9(11)12/h2,10H,1,3-8H2,(H,11,12). The average Bonchev–Trinajstić information content (AvgIpc) is 2.09. The van der Waals surface area contributed by atoms with Gasteiger partial charge in [-0.05, 0) is 6.42 Å². The Morgan fingerprint density at radius 3 is 2.85 bits per heavy atom. The van der Waals surface area contributed by atoms with E-state index >= 15 is 0 Å². The van der Waals surface area contributed by atoms with Gasteiger partial charge in [-0.15, -0.1) is 6.58 Å². The van der Waals surface area contributed by atoms with Crippen molar-refractivity contribution in [2.75, 3.05) is 26.3 Å². The Kier molecular flexibility index (Phi) is 8.60. The second kappa shape index (κ2) is 9.22. The van der Waals surface area contributed by atoms with Crippen molar-refractivity contribution in [1.29, 1.82) is 0 Å². The smallest absolute Gasteiger partial charge is 0.304 e. The third kappa shape index (κ3) is 11.1. The average molecular weight is 187 g/mol. The number of rotatable bonds is 9. The molecular weight excluding hydrogens is 170 g/mol. The molecule has 0 aliphatic rings. The topological polar surface area (TPSA) is 58.6 Å². The van der Waals surface area contributed by atoms with Gasteiger partial charge in [0.15, 0.2) is 0 Å². The summed E-state index contributed by atoms with van der Waals surface area (Å²) in [5.74, 6) is -0.778. The fraction of sp³-hybridized carbons (Fsp3) is 0.667. The molecule has 0 fully saturated rings. The highest BCUT2D eigenvalue weighted by atomic mass is 16.5. The van der Waals surface area contributed by atoms with Gasteiger partial charge in [0, 0.05) is 13.1 Å². The Hall–Kier alpha value is -0.870. The summed E-state index contributed by atoms with van der Waals surface area (Å²) in [4.78, 5) is 10.1. The lowest BCUT2D eigenvalue weighted by molar-refractivity contribution is -0.136. The Balaban J connectivity index is 2.91. The minimum atomic E-state index is -0.778. The van der Waals surface area contributed by atoms with Crippen molar-refractivity contribution in [3.8, 4) is 0 Å². The van der Waals surface area contributed by atoms with Crippen LogP contribution in [0.15, 0.2) is 12.7 Å². The number of carboxylic acids is 1. The highest BCUT2D eigenvalue weighted by Gasteiger charge is 1.94. The van der Waals surface area contributed by atoms with Gasteiger partial charge in [0.1, 0.15) is 0 Å². The second-order valence-electron chi connectivity index (χ2n) is 2.58. The zero-order valence-corrected chi connectivity index (χ0v) is 7.79. The van der Waals surface area contributed by atoms with Gasteiger partial charge in [-0.2, -0.15) is 0 Å². The van der Waals surface area contributed by atoms with E-state index in [4.69, 9.17) is 9.84 Å². The Bertz CT molecular complexity index is 148. The molecule has 0 unspecified atom stereocenters. The maximum atomic E-state index is 10.1. The maximum Gasteiger partial charge on any atom is 0.304 e. The van der Waals surface area contributed by atoms with Gasteiger partial charge in [-0.1, -0.05) is 6.08 Å². The van der Waals surface area contributed by atoms with Crippen LogP contribution in [0, 0.1) is 0 Å². The van der Waals surface area contributed by atoms with Crippen LogP contribution in [0.1, 0.15) is 12.8 Å². The summed E-state index contributed by atoms with van der Waals surface area (Å²) in [6, 6.07) is 0. The predicted octanol–water partition coefficient (Wildman–Crippen LogP) is 0.643. The van der Waals surface area contributed by atoms with E-state index in [2.05, 4.69) is 11.9 Å². The van der Waals surface area contributed by atoms with Crippen LogP contribution >= 0.6 is 0 Å². The lowest BCUT2D eigenvalue weighted by Gasteiger charge is -2.03. The molecule has 0 amide bonds. The Morgan fingerprint density at radius 2 is 2.23 bits per heavy atom. The molecule has 0 atom stereocenters. The third-order valence-corrected chi connectivity index (χ3v) is 1.41. The molecule has 0 aromatic carbocycles. The maximum absolute atomic E-state index is 10.1. The monoisotopic (exact) mass is 187 g/mol. The molecule has 4 heteroatoms. The van der Waals surface area contributed by atoms with Crippen molar-refractivity contribution in [1.82, 2.24) is 5.32 Å². The predicted molar refractivity (Wildman–Crippen MR) is 50.8 cm³/mol. The quantitative estimate of drug-likeness (QED) is 0.411. The molecular formula is C9H17NO3. The summed E-state index contributed by atoms with van der Waals surface area (Å²) in [5.41, 5.74) is 0. The summed E-state index contributed by atoms with van der Waals surface area (Å²) in [7, 11) is 0. The number of hydrogen-bond acceptors (Lipinski definition) is 3. The third-order valence-electron chi connectivity index (χ3n) is 1.41. The van der Waals surface area contributed by atoms with E-state index in [1.165, 1.54) is 0 Å². The lowest BCUT2D eigenvalue weighted by Crippen LogP contribution is -2.22. The lowest BCUT2D eigenvalue weighted by atomic mass is 10.4. The first-order valence-corrected chi connectivity index (χ1v) is 4.38. The van der Waals surface area contributed by atoms with Gasteiger partial charge in [0.2, 0.25) is 0 Å². The van der Waals surface area contributed by atoms with Crippen molar-refractivity contribution >= 4 is 5.97 Å². The fourth-order valence-corrected chi connectivity index (χ4v) is 0.733. The van der Waals surface area contributed by atoms with E-state index in [1.807, 2.05) is 0 Å². The van der Waals surface area contributed by atoms with E-state index in [-0.39, 0.29) is 6.42 Å². The molecule has 2 N–H and O–H groups in total. The molecule has 0 saturated carbocycles. The summed E-state index contributed by atoms with van der Waals surface area (Å²) >= 11 is 0. The van der Waals surface area contributed by atoms with Crippen LogP contribution in [0.4, 0.5) is 0 Å². The molecule has 0 heterocycles. The van der Waals surface area contributed by atoms with Crippen molar-refractivity contribution in [3.63, 3.8) is 0 Å². The summed E-state index contributed by atoms with van der Waals surface area (Å²) in [6.07, 6.45) is 2.82. The van der Waals surface area contributed by atoms with Crippen LogP contribution in [0.25, 0.3) is 0 Å². The molecule has 0 aliphatic heterocycles. The minimum Gasteiger partial charge on any atom is -0.481 e. The molecule has 0 aromatic heterocycles. The van der Waals surface area contributed by atoms with Crippen LogP contribution in [-0.2, 0) is 9.53 Å². The van der Waals surface area contributed by atoms with Crippen LogP contribution in [-0.4, -0.2) is 37.4 Å². The summed E-state index contributed by atoms with van der Waals surface area (Å²) in [5, 5.41) is 11.3. The zero-order chi connectivity index (χ0) is 9.94. The van der Waals surface area contributed by atoms with E-state index in [9.17, 15) is 4.79 Å². The molecule has 0 aliphatic carbocycles. The van der Waals surface area contributed by atoms with E-state index in [1.54, 1.807) is 6.08 Å².